The van der Waals surface area contributed by atoms with Crippen molar-refractivity contribution in [2.24, 2.45) is 5.92 Å². The summed E-state index contributed by atoms with van der Waals surface area (Å²) in [5.74, 6) is 0.460. The number of anilines is 1. The molecule has 1 saturated heterocycles. The highest BCUT2D eigenvalue weighted by Crippen LogP contribution is 2.17. The first-order valence-electron chi connectivity index (χ1n) is 7.03. The first kappa shape index (κ1) is 14.3. The van der Waals surface area contributed by atoms with E-state index in [1.165, 1.54) is 18.7 Å². The second-order valence-corrected chi connectivity index (χ2v) is 5.81. The first-order valence-corrected chi connectivity index (χ1v) is 7.03. The number of hydrogen-bond acceptors (Lipinski definition) is 3. The summed E-state index contributed by atoms with van der Waals surface area (Å²) in [6, 6.07) is 4.69. The summed E-state index contributed by atoms with van der Waals surface area (Å²) in [5.41, 5.74) is 7.44. The zero-order chi connectivity index (χ0) is 13.8. The lowest BCUT2D eigenvalue weighted by Crippen LogP contribution is -2.46. The molecule has 0 unspecified atom stereocenters. The molecule has 1 aromatic rings. The normalized spacial score (nSPS) is 18.1. The Labute approximate surface area is 115 Å². The van der Waals surface area contributed by atoms with Gasteiger partial charge in [-0.15, -0.1) is 0 Å². The van der Waals surface area contributed by atoms with Gasteiger partial charge in [-0.2, -0.15) is 0 Å². The van der Waals surface area contributed by atoms with Crippen molar-refractivity contribution in [2.75, 3.05) is 38.5 Å². The number of benzene rings is 1. The van der Waals surface area contributed by atoms with E-state index in [4.69, 9.17) is 5.73 Å². The van der Waals surface area contributed by atoms with Crippen LogP contribution in [0.2, 0.25) is 0 Å². The van der Waals surface area contributed by atoms with Crippen LogP contribution >= 0.6 is 0 Å². The van der Waals surface area contributed by atoms with E-state index >= 15 is 0 Å². The fourth-order valence-corrected chi connectivity index (χ4v) is 2.60. The molecule has 2 N–H and O–H groups in total. The van der Waals surface area contributed by atoms with Gasteiger partial charge in [-0.25, -0.2) is 4.39 Å². The summed E-state index contributed by atoms with van der Waals surface area (Å²) in [7, 11) is 0. The van der Waals surface area contributed by atoms with Gasteiger partial charge in [0.15, 0.2) is 0 Å². The minimum atomic E-state index is -0.261. The monoisotopic (exact) mass is 265 g/mol. The van der Waals surface area contributed by atoms with Crippen LogP contribution < -0.4 is 5.73 Å². The average molecular weight is 265 g/mol. The van der Waals surface area contributed by atoms with Gasteiger partial charge >= 0.3 is 0 Å². The van der Waals surface area contributed by atoms with Crippen LogP contribution in [0, 0.1) is 11.7 Å². The Bertz CT molecular complexity index is 412. The smallest absolute Gasteiger partial charge is 0.125 e. The molecule has 1 aromatic carbocycles. The van der Waals surface area contributed by atoms with Crippen molar-refractivity contribution in [3.05, 3.63) is 29.6 Å². The zero-order valence-corrected chi connectivity index (χ0v) is 11.9. The Balaban J connectivity index is 1.85. The molecule has 0 atom stereocenters. The average Bonchev–Trinajstić information content (AvgIpc) is 2.34. The van der Waals surface area contributed by atoms with E-state index in [-0.39, 0.29) is 5.82 Å². The molecule has 4 heteroatoms. The van der Waals surface area contributed by atoms with Gasteiger partial charge in [0.05, 0.1) is 0 Å². The van der Waals surface area contributed by atoms with Gasteiger partial charge in [-0.05, 0) is 23.6 Å². The Morgan fingerprint density at radius 2 is 1.79 bits per heavy atom. The van der Waals surface area contributed by atoms with Gasteiger partial charge in [0, 0.05) is 45.0 Å². The van der Waals surface area contributed by atoms with E-state index < -0.39 is 0 Å². The molecular weight excluding hydrogens is 241 g/mol. The topological polar surface area (TPSA) is 32.5 Å². The Hall–Kier alpha value is -1.13. The fourth-order valence-electron chi connectivity index (χ4n) is 2.60. The summed E-state index contributed by atoms with van der Waals surface area (Å²) in [4.78, 5) is 4.90. The van der Waals surface area contributed by atoms with Crippen LogP contribution in [-0.2, 0) is 6.54 Å². The quantitative estimate of drug-likeness (QED) is 0.847. The lowest BCUT2D eigenvalue weighted by molar-refractivity contribution is 0.117. The summed E-state index contributed by atoms with van der Waals surface area (Å²) in [5, 5.41) is 0. The number of hydrogen-bond donors (Lipinski definition) is 1. The number of nitrogens with two attached hydrogens (primary N) is 1. The third kappa shape index (κ3) is 4.18. The van der Waals surface area contributed by atoms with Gasteiger partial charge in [0.2, 0.25) is 0 Å². The highest BCUT2D eigenvalue weighted by molar-refractivity contribution is 5.46. The third-order valence-electron chi connectivity index (χ3n) is 3.59. The van der Waals surface area contributed by atoms with E-state index in [2.05, 4.69) is 23.6 Å². The predicted octanol–water partition coefficient (Wildman–Crippen LogP) is 2.18. The molecular formula is C15H24FN3. The predicted molar refractivity (Wildman–Crippen MR) is 77.4 cm³/mol. The Kier molecular flexibility index (Phi) is 4.77. The van der Waals surface area contributed by atoms with Crippen LogP contribution in [0.15, 0.2) is 18.2 Å². The SMILES string of the molecule is CC(C)CN1CCN(Cc2ccc(F)cc2N)CC1. The number of rotatable bonds is 4. The molecule has 0 bridgehead atoms. The third-order valence-corrected chi connectivity index (χ3v) is 3.59. The molecule has 0 saturated carbocycles. The van der Waals surface area contributed by atoms with Crippen LogP contribution in [0.3, 0.4) is 0 Å². The molecule has 3 nitrogen and oxygen atoms in total. The molecule has 0 radical (unpaired) electrons. The highest BCUT2D eigenvalue weighted by atomic mass is 19.1. The van der Waals surface area contributed by atoms with Gasteiger partial charge in [0.25, 0.3) is 0 Å². The highest BCUT2D eigenvalue weighted by Gasteiger charge is 2.18. The van der Waals surface area contributed by atoms with Crippen molar-refractivity contribution in [1.29, 1.82) is 0 Å². The second kappa shape index (κ2) is 6.35. The number of nitrogens with zero attached hydrogens (tertiary/aromatic N) is 2. The van der Waals surface area contributed by atoms with Crippen molar-refractivity contribution < 1.29 is 4.39 Å². The minimum Gasteiger partial charge on any atom is -0.398 e. The number of halogens is 1. The molecule has 0 spiro atoms. The fraction of sp³-hybridized carbons (Fsp3) is 0.600. The molecule has 1 aliphatic heterocycles. The molecule has 1 aliphatic rings. The van der Waals surface area contributed by atoms with Gasteiger partial charge in [0.1, 0.15) is 5.82 Å². The summed E-state index contributed by atoms with van der Waals surface area (Å²) in [6.45, 7) is 10.8. The van der Waals surface area contributed by atoms with Crippen molar-refractivity contribution >= 4 is 5.69 Å². The van der Waals surface area contributed by atoms with Gasteiger partial charge in [-0.3, -0.25) is 4.90 Å². The molecule has 0 aliphatic carbocycles. The van der Waals surface area contributed by atoms with Crippen molar-refractivity contribution in [2.45, 2.75) is 20.4 Å². The van der Waals surface area contributed by atoms with Crippen molar-refractivity contribution in [3.8, 4) is 0 Å². The van der Waals surface area contributed by atoms with E-state index in [9.17, 15) is 4.39 Å². The Morgan fingerprint density at radius 3 is 2.37 bits per heavy atom. The van der Waals surface area contributed by atoms with Gasteiger partial charge < -0.3 is 10.6 Å². The van der Waals surface area contributed by atoms with Crippen LogP contribution in [-0.4, -0.2) is 42.5 Å². The summed E-state index contributed by atoms with van der Waals surface area (Å²) < 4.78 is 13.0. The van der Waals surface area contributed by atoms with E-state index in [1.54, 1.807) is 6.07 Å². The maximum Gasteiger partial charge on any atom is 0.125 e. The second-order valence-electron chi connectivity index (χ2n) is 5.81. The summed E-state index contributed by atoms with van der Waals surface area (Å²) >= 11 is 0. The van der Waals surface area contributed by atoms with Gasteiger partial charge in [-0.1, -0.05) is 19.9 Å². The summed E-state index contributed by atoms with van der Waals surface area (Å²) in [6.07, 6.45) is 0. The zero-order valence-electron chi connectivity index (χ0n) is 11.9. The van der Waals surface area contributed by atoms with Crippen molar-refractivity contribution in [3.63, 3.8) is 0 Å². The number of nitrogen functional groups attached to an aromatic ring is 1. The van der Waals surface area contributed by atoms with E-state index in [1.807, 2.05) is 0 Å². The molecule has 0 aromatic heterocycles. The molecule has 0 amide bonds. The molecule has 1 heterocycles. The molecule has 2 rings (SSSR count). The van der Waals surface area contributed by atoms with E-state index in [0.29, 0.717) is 5.69 Å². The van der Waals surface area contributed by atoms with E-state index in [0.717, 1.165) is 44.2 Å². The largest absolute Gasteiger partial charge is 0.398 e. The maximum absolute atomic E-state index is 13.0. The number of piperazine rings is 1. The van der Waals surface area contributed by atoms with Crippen LogP contribution in [0.25, 0.3) is 0 Å². The molecule has 106 valence electrons. The maximum atomic E-state index is 13.0. The standard InChI is InChI=1S/C15H24FN3/c1-12(2)10-18-5-7-19(8-6-18)11-13-3-4-14(16)9-15(13)17/h3-4,9,12H,5-8,10-11,17H2,1-2H3. The first-order chi connectivity index (χ1) is 9.04. The minimum absolute atomic E-state index is 0.261. The lowest BCUT2D eigenvalue weighted by atomic mass is 10.1. The molecule has 19 heavy (non-hydrogen) atoms. The Morgan fingerprint density at radius 1 is 1.16 bits per heavy atom. The molecule has 1 fully saturated rings. The van der Waals surface area contributed by atoms with Crippen molar-refractivity contribution in [1.82, 2.24) is 9.80 Å². The lowest BCUT2D eigenvalue weighted by Gasteiger charge is -2.35. The van der Waals surface area contributed by atoms with Crippen LogP contribution in [0.1, 0.15) is 19.4 Å². The van der Waals surface area contributed by atoms with Crippen LogP contribution in [0.4, 0.5) is 10.1 Å². The van der Waals surface area contributed by atoms with Crippen LogP contribution in [0.5, 0.6) is 0 Å².